The molecule has 0 radical (unpaired) electrons. The van der Waals surface area contributed by atoms with E-state index in [1.807, 2.05) is 11.0 Å². The predicted octanol–water partition coefficient (Wildman–Crippen LogP) is 6.40. The molecule has 4 aromatic heterocycles. The molecule has 0 spiro atoms. The number of halogens is 1. The smallest absolute Gasteiger partial charge is 0.381 e. The van der Waals surface area contributed by atoms with Crippen LogP contribution in [0.25, 0.3) is 28.1 Å². The normalized spacial score (nSPS) is 21.2. The lowest BCUT2D eigenvalue weighted by molar-refractivity contribution is 0.0620. The van der Waals surface area contributed by atoms with E-state index in [9.17, 15) is 18.0 Å². The number of imidazole rings is 1. The lowest BCUT2D eigenvalue weighted by Gasteiger charge is -2.37. The van der Waals surface area contributed by atoms with Crippen molar-refractivity contribution >= 4 is 32.5 Å². The first kappa shape index (κ1) is 41.2. The number of hydrogen-bond donors (Lipinski definition) is 2. The SMILES string of the molecule is Cc1cc(-n2nc3c(c2-n2ccn(-c4ccc(NS(C)(=O)=O)cc4)c2=O)[C@H](C2CC2)N(C(=O)c2cc4cc(C5CCOCC5)ccc4n2[C@@]2(c4noc(=O)[nH]4)C[C@@H]2C)CC3)cc(C)c1F. The van der Waals surface area contributed by atoms with Crippen LogP contribution in [0.1, 0.15) is 95.2 Å². The highest BCUT2D eigenvalue weighted by Gasteiger charge is 2.59. The zero-order valence-corrected chi connectivity index (χ0v) is 37.2. The molecule has 336 valence electrons. The second-order valence-corrected chi connectivity index (χ2v) is 20.1. The Morgan fingerprint density at radius 1 is 0.938 bits per heavy atom. The van der Waals surface area contributed by atoms with Gasteiger partial charge in [0.2, 0.25) is 10.0 Å². The molecule has 11 rings (SSSR count). The van der Waals surface area contributed by atoms with Crippen molar-refractivity contribution in [1.29, 1.82) is 0 Å². The van der Waals surface area contributed by atoms with E-state index in [2.05, 4.69) is 44.6 Å². The molecule has 2 aliphatic carbocycles. The molecule has 6 heterocycles. The Bertz CT molecular complexity index is 3270. The fourth-order valence-electron chi connectivity index (χ4n) is 10.5. The number of ether oxygens (including phenoxy) is 1. The monoisotopic (exact) mass is 901 g/mol. The van der Waals surface area contributed by atoms with Crippen molar-refractivity contribution in [2.75, 3.05) is 30.7 Å². The maximum atomic E-state index is 15.8. The number of nitrogens with one attached hydrogen (secondary N) is 2. The van der Waals surface area contributed by atoms with E-state index < -0.39 is 33.0 Å². The predicted molar refractivity (Wildman–Crippen MR) is 239 cm³/mol. The van der Waals surface area contributed by atoms with Gasteiger partial charge in [0.05, 0.1) is 29.4 Å². The third-order valence-corrected chi connectivity index (χ3v) is 14.5. The standard InChI is InChI=1S/C47H48FN9O7S/c1-26-21-35(22-27(2)40(26)48)57-42(55-18-17-53(46(55)60)34-10-8-33(9-11-34)52-65(4,61)62)39-36(50-57)13-16-54(41(39)30-5-6-30)43(58)38-24-32-23-31(29-14-19-63-20-15-29)7-12-37(32)56(38)47(25-28(47)3)44-49-45(59)64-51-44/h7-12,17-18,21-24,28-30,41,52H,5-6,13-16,19-20,25H2,1-4H3,(H,49,51,59)/t28-,41-,47-/m0/s1. The fourth-order valence-corrected chi connectivity index (χ4v) is 11.1. The number of rotatable bonds is 10. The summed E-state index contributed by atoms with van der Waals surface area (Å²) in [6, 6.07) is 17.8. The van der Waals surface area contributed by atoms with Crippen LogP contribution in [0.4, 0.5) is 10.1 Å². The Kier molecular flexibility index (Phi) is 9.52. The number of nitrogens with zero attached hydrogens (tertiary/aromatic N) is 7. The second kappa shape index (κ2) is 15.0. The molecule has 1 amide bonds. The molecule has 18 heteroatoms. The molecule has 2 aliphatic heterocycles. The van der Waals surface area contributed by atoms with E-state index in [4.69, 9.17) is 14.4 Å². The van der Waals surface area contributed by atoms with Crippen LogP contribution < -0.4 is 16.2 Å². The van der Waals surface area contributed by atoms with Crippen LogP contribution in [0, 0.1) is 31.5 Å². The summed E-state index contributed by atoms with van der Waals surface area (Å²) in [7, 11) is -3.52. The van der Waals surface area contributed by atoms with Gasteiger partial charge >= 0.3 is 11.4 Å². The summed E-state index contributed by atoms with van der Waals surface area (Å²) in [6.07, 6.45) is 8.92. The molecule has 65 heavy (non-hydrogen) atoms. The second-order valence-electron chi connectivity index (χ2n) is 18.3. The minimum atomic E-state index is -3.52. The summed E-state index contributed by atoms with van der Waals surface area (Å²) >= 11 is 0. The van der Waals surface area contributed by atoms with Gasteiger partial charge < -0.3 is 14.2 Å². The van der Waals surface area contributed by atoms with Crippen molar-refractivity contribution in [1.82, 2.24) is 38.5 Å². The minimum absolute atomic E-state index is 0.0169. The summed E-state index contributed by atoms with van der Waals surface area (Å²) in [5.41, 5.74) is 5.00. The number of fused-ring (bicyclic) bond motifs is 2. The number of carbonyl (C=O) groups excluding carboxylic acids is 1. The number of aryl methyl sites for hydroxylation is 2. The van der Waals surface area contributed by atoms with Gasteiger partial charge in [-0.15, -0.1) is 0 Å². The van der Waals surface area contributed by atoms with Crippen molar-refractivity contribution in [3.8, 4) is 17.2 Å². The van der Waals surface area contributed by atoms with Crippen molar-refractivity contribution in [3.05, 3.63) is 139 Å². The zero-order chi connectivity index (χ0) is 45.1. The summed E-state index contributed by atoms with van der Waals surface area (Å²) in [5, 5.41) is 10.3. The van der Waals surface area contributed by atoms with E-state index in [1.54, 1.807) is 67.3 Å². The van der Waals surface area contributed by atoms with Crippen LogP contribution in [0.2, 0.25) is 0 Å². The molecule has 7 aromatic rings. The van der Waals surface area contributed by atoms with E-state index >= 15 is 9.18 Å². The molecule has 3 aromatic carbocycles. The lowest BCUT2D eigenvalue weighted by Crippen LogP contribution is -2.43. The number of anilines is 1. The van der Waals surface area contributed by atoms with Crippen LogP contribution in [-0.2, 0) is 26.7 Å². The molecular formula is C47H48FN9O7S. The molecule has 2 N–H and O–H groups in total. The highest BCUT2D eigenvalue weighted by Crippen LogP contribution is 2.56. The molecule has 2 saturated carbocycles. The third kappa shape index (κ3) is 6.87. The number of aromatic amines is 1. The fraction of sp³-hybridized carbons (Fsp3) is 0.383. The average molecular weight is 902 g/mol. The van der Waals surface area contributed by atoms with Gasteiger partial charge in [0, 0.05) is 60.7 Å². The maximum Gasteiger partial charge on any atom is 0.438 e. The Morgan fingerprint density at radius 3 is 2.29 bits per heavy atom. The highest BCUT2D eigenvalue weighted by molar-refractivity contribution is 7.92. The Hall–Kier alpha value is -6.53. The lowest BCUT2D eigenvalue weighted by atomic mass is 9.91. The summed E-state index contributed by atoms with van der Waals surface area (Å²) in [5.74, 6) is 0.0460. The van der Waals surface area contributed by atoms with Crippen molar-refractivity contribution < 1.29 is 26.9 Å². The van der Waals surface area contributed by atoms with E-state index in [0.29, 0.717) is 84.0 Å². The van der Waals surface area contributed by atoms with Gasteiger partial charge in [0.1, 0.15) is 22.9 Å². The number of sulfonamides is 1. The van der Waals surface area contributed by atoms with Gasteiger partial charge in [-0.25, -0.2) is 27.1 Å². The van der Waals surface area contributed by atoms with Gasteiger partial charge in [-0.3, -0.25) is 28.2 Å². The van der Waals surface area contributed by atoms with Crippen molar-refractivity contribution in [3.63, 3.8) is 0 Å². The molecule has 0 bridgehead atoms. The van der Waals surface area contributed by atoms with Crippen LogP contribution in [0.3, 0.4) is 0 Å². The quantitative estimate of drug-likeness (QED) is 0.157. The number of aromatic nitrogens is 7. The summed E-state index contributed by atoms with van der Waals surface area (Å²) < 4.78 is 58.9. The molecular weight excluding hydrogens is 854 g/mol. The number of benzene rings is 3. The summed E-state index contributed by atoms with van der Waals surface area (Å²) in [4.78, 5) is 47.7. The first-order valence-corrected chi connectivity index (χ1v) is 24.0. The van der Waals surface area contributed by atoms with Gasteiger partial charge in [-0.1, -0.05) is 18.1 Å². The largest absolute Gasteiger partial charge is 0.438 e. The van der Waals surface area contributed by atoms with Crippen LogP contribution in [0.15, 0.2) is 87.2 Å². The Labute approximate surface area is 372 Å². The van der Waals surface area contributed by atoms with Gasteiger partial charge in [0.15, 0.2) is 5.82 Å². The van der Waals surface area contributed by atoms with E-state index in [-0.39, 0.29) is 23.6 Å². The van der Waals surface area contributed by atoms with Crippen molar-refractivity contribution in [2.45, 2.75) is 76.8 Å². The van der Waals surface area contributed by atoms with Gasteiger partial charge in [-0.2, -0.15) is 5.10 Å². The third-order valence-electron chi connectivity index (χ3n) is 13.9. The minimum Gasteiger partial charge on any atom is -0.381 e. The maximum absolute atomic E-state index is 15.8. The zero-order valence-electron chi connectivity index (χ0n) is 36.4. The Morgan fingerprint density at radius 2 is 1.65 bits per heavy atom. The molecule has 16 nitrogen and oxygen atoms in total. The molecule has 1 saturated heterocycles. The first-order valence-electron chi connectivity index (χ1n) is 22.1. The van der Waals surface area contributed by atoms with E-state index in [1.165, 1.54) is 14.7 Å². The Balaban J connectivity index is 1.07. The van der Waals surface area contributed by atoms with Gasteiger partial charge in [0.25, 0.3) is 5.91 Å². The number of amides is 1. The summed E-state index contributed by atoms with van der Waals surface area (Å²) in [6.45, 7) is 7.21. The number of hydrogen-bond acceptors (Lipinski definition) is 9. The van der Waals surface area contributed by atoms with Crippen LogP contribution in [0.5, 0.6) is 0 Å². The topological polar surface area (TPSA) is 184 Å². The van der Waals surface area contributed by atoms with E-state index in [0.717, 1.165) is 54.1 Å². The first-order chi connectivity index (χ1) is 31.2. The van der Waals surface area contributed by atoms with Crippen LogP contribution >= 0.6 is 0 Å². The van der Waals surface area contributed by atoms with Crippen LogP contribution in [-0.4, -0.2) is 78.9 Å². The highest BCUT2D eigenvalue weighted by atomic mass is 32.2. The molecule has 3 atom stereocenters. The number of carbonyl (C=O) groups is 1. The van der Waals surface area contributed by atoms with Gasteiger partial charge in [-0.05, 0) is 135 Å². The average Bonchev–Trinajstić information content (AvgIpc) is 3.99. The molecule has 0 unspecified atom stereocenters. The molecule has 3 fully saturated rings. The number of H-pyrrole nitrogens is 1. The molecule has 4 aliphatic rings. The van der Waals surface area contributed by atoms with Crippen molar-refractivity contribution in [2.24, 2.45) is 11.8 Å².